The lowest BCUT2D eigenvalue weighted by atomic mass is 10.2. The molecule has 1 aliphatic heterocycles. The zero-order valence-corrected chi connectivity index (χ0v) is 17.8. The molecular weight excluding hydrogens is 427 g/mol. The second kappa shape index (κ2) is 9.03. The maximum Gasteiger partial charge on any atom is 0.410 e. The van der Waals surface area contributed by atoms with Gasteiger partial charge in [-0.05, 0) is 19.9 Å². The van der Waals surface area contributed by atoms with Crippen LogP contribution in [0, 0.1) is 5.82 Å². The first kappa shape index (κ1) is 21.3. The summed E-state index contributed by atoms with van der Waals surface area (Å²) in [6.45, 7) is 5.02. The highest BCUT2D eigenvalue weighted by atomic mass is 35.5. The molecule has 2 N–H and O–H groups in total. The summed E-state index contributed by atoms with van der Waals surface area (Å²) in [6.07, 6.45) is 3.43. The average Bonchev–Trinajstić information content (AvgIpc) is 3.16. The average molecular weight is 449 g/mol. The molecule has 3 aromatic heterocycles. The number of nitrogens with zero attached hydrogens (tertiary/aromatic N) is 4. The Bertz CT molecular complexity index is 1090. The van der Waals surface area contributed by atoms with Gasteiger partial charge in [0.1, 0.15) is 5.65 Å². The third kappa shape index (κ3) is 4.86. The number of H-pyrrole nitrogens is 1. The van der Waals surface area contributed by atoms with Crippen LogP contribution < -0.4 is 5.32 Å². The first-order chi connectivity index (χ1) is 14.9. The van der Waals surface area contributed by atoms with Crippen molar-refractivity contribution >= 4 is 34.5 Å². The van der Waals surface area contributed by atoms with Crippen LogP contribution in [0.3, 0.4) is 0 Å². The number of nitrogens with one attached hydrogen (secondary N) is 2. The molecule has 0 bridgehead atoms. The molecule has 0 aliphatic carbocycles. The molecule has 4 rings (SSSR count). The van der Waals surface area contributed by atoms with Crippen molar-refractivity contribution in [3.8, 4) is 11.4 Å². The molecule has 0 radical (unpaired) electrons. The molecule has 1 saturated heterocycles. The van der Waals surface area contributed by atoms with Gasteiger partial charge < -0.3 is 24.7 Å². The summed E-state index contributed by atoms with van der Waals surface area (Å²) in [5.74, 6) is -0.225. The van der Waals surface area contributed by atoms with Crippen LogP contribution in [-0.4, -0.2) is 69.4 Å². The van der Waals surface area contributed by atoms with E-state index >= 15 is 0 Å². The van der Waals surface area contributed by atoms with Crippen molar-refractivity contribution in [1.82, 2.24) is 24.8 Å². The van der Waals surface area contributed by atoms with Crippen LogP contribution in [0.4, 0.5) is 15.0 Å². The molecule has 31 heavy (non-hydrogen) atoms. The Labute approximate surface area is 182 Å². The number of rotatable bonds is 5. The van der Waals surface area contributed by atoms with Crippen molar-refractivity contribution in [1.29, 1.82) is 0 Å². The van der Waals surface area contributed by atoms with Crippen LogP contribution in [0.2, 0.25) is 5.02 Å². The van der Waals surface area contributed by atoms with Crippen molar-refractivity contribution in [2.24, 2.45) is 0 Å². The molecule has 11 heteroatoms. The lowest BCUT2D eigenvalue weighted by Gasteiger charge is -2.32. The molecule has 1 fully saturated rings. The van der Waals surface area contributed by atoms with E-state index in [4.69, 9.17) is 21.1 Å². The van der Waals surface area contributed by atoms with Gasteiger partial charge in [0.05, 0.1) is 36.6 Å². The Morgan fingerprint density at radius 2 is 2.29 bits per heavy atom. The number of hydrogen-bond donors (Lipinski definition) is 2. The van der Waals surface area contributed by atoms with E-state index in [-0.39, 0.29) is 30.7 Å². The fourth-order valence-electron chi connectivity index (χ4n) is 3.28. The van der Waals surface area contributed by atoms with E-state index in [1.807, 2.05) is 0 Å². The summed E-state index contributed by atoms with van der Waals surface area (Å²) in [5, 5.41) is 4.17. The number of aromatic nitrogens is 4. The third-order valence-electron chi connectivity index (χ3n) is 4.71. The minimum atomic E-state index is -0.591. The van der Waals surface area contributed by atoms with Crippen molar-refractivity contribution in [3.63, 3.8) is 0 Å². The van der Waals surface area contributed by atoms with E-state index in [1.54, 1.807) is 31.0 Å². The molecule has 0 spiro atoms. The summed E-state index contributed by atoms with van der Waals surface area (Å²) < 4.78 is 25.3. The van der Waals surface area contributed by atoms with E-state index in [0.717, 1.165) is 11.6 Å². The Hall–Kier alpha value is -2.98. The van der Waals surface area contributed by atoms with E-state index in [9.17, 15) is 9.18 Å². The summed E-state index contributed by atoms with van der Waals surface area (Å²) in [6, 6.07) is 1.75. The van der Waals surface area contributed by atoms with Crippen LogP contribution in [0.1, 0.15) is 13.8 Å². The van der Waals surface area contributed by atoms with Crippen molar-refractivity contribution in [2.75, 3.05) is 31.6 Å². The maximum absolute atomic E-state index is 14.3. The normalized spacial score (nSPS) is 16.7. The Morgan fingerprint density at radius 3 is 3.10 bits per heavy atom. The predicted octanol–water partition coefficient (Wildman–Crippen LogP) is 3.47. The van der Waals surface area contributed by atoms with Gasteiger partial charge in [0.25, 0.3) is 0 Å². The highest BCUT2D eigenvalue weighted by Gasteiger charge is 2.26. The highest BCUT2D eigenvalue weighted by molar-refractivity contribution is 6.31. The van der Waals surface area contributed by atoms with Gasteiger partial charge in [0.15, 0.2) is 17.5 Å². The molecule has 3 aromatic rings. The van der Waals surface area contributed by atoms with E-state index in [1.165, 1.54) is 6.20 Å². The topological polar surface area (TPSA) is 105 Å². The Morgan fingerprint density at radius 1 is 1.45 bits per heavy atom. The van der Waals surface area contributed by atoms with Crippen molar-refractivity contribution in [2.45, 2.75) is 26.1 Å². The van der Waals surface area contributed by atoms with Gasteiger partial charge in [-0.1, -0.05) is 11.6 Å². The number of anilines is 1. The molecule has 0 saturated carbocycles. The molecule has 9 nitrogen and oxygen atoms in total. The lowest BCUT2D eigenvalue weighted by Crippen LogP contribution is -2.48. The van der Waals surface area contributed by atoms with Crippen LogP contribution >= 0.6 is 11.6 Å². The number of fused-ring (bicyclic) bond motifs is 1. The minimum absolute atomic E-state index is 0.0415. The number of pyridine rings is 1. The molecule has 4 heterocycles. The Kier molecular flexibility index (Phi) is 6.19. The van der Waals surface area contributed by atoms with Crippen molar-refractivity contribution < 1.29 is 18.7 Å². The Balaban J connectivity index is 1.47. The van der Waals surface area contributed by atoms with Gasteiger partial charge in [-0.3, -0.25) is 0 Å². The number of hydrogen-bond acceptors (Lipinski definition) is 7. The van der Waals surface area contributed by atoms with Gasteiger partial charge in [-0.2, -0.15) is 0 Å². The number of morpholine rings is 1. The summed E-state index contributed by atoms with van der Waals surface area (Å²) in [4.78, 5) is 29.4. The van der Waals surface area contributed by atoms with E-state index < -0.39 is 5.82 Å². The largest absolute Gasteiger partial charge is 0.447 e. The second-order valence-corrected chi connectivity index (χ2v) is 7.83. The first-order valence-corrected chi connectivity index (χ1v) is 10.2. The zero-order valence-electron chi connectivity index (χ0n) is 17.1. The summed E-state index contributed by atoms with van der Waals surface area (Å²) >= 11 is 6.05. The van der Waals surface area contributed by atoms with Gasteiger partial charge >= 0.3 is 6.09 Å². The molecule has 1 unspecified atom stereocenters. The number of amides is 1. The number of halogens is 2. The smallest absolute Gasteiger partial charge is 0.410 e. The van der Waals surface area contributed by atoms with Crippen LogP contribution in [0.5, 0.6) is 0 Å². The molecule has 1 atom stereocenters. The first-order valence-electron chi connectivity index (χ1n) is 9.87. The van der Waals surface area contributed by atoms with Gasteiger partial charge in [-0.25, -0.2) is 24.1 Å². The zero-order chi connectivity index (χ0) is 22.0. The number of carbonyl (C=O) groups is 1. The fraction of sp³-hybridized carbons (Fsp3) is 0.400. The molecule has 164 valence electrons. The predicted molar refractivity (Wildman–Crippen MR) is 114 cm³/mol. The molecular formula is C20H22ClFN6O3. The monoisotopic (exact) mass is 448 g/mol. The van der Waals surface area contributed by atoms with Crippen LogP contribution in [0.25, 0.3) is 22.4 Å². The number of aromatic amines is 1. The quantitative estimate of drug-likeness (QED) is 0.615. The van der Waals surface area contributed by atoms with Crippen molar-refractivity contribution in [3.05, 3.63) is 35.5 Å². The summed E-state index contributed by atoms with van der Waals surface area (Å²) in [7, 11) is 0. The standard InChI is InChI=1S/C20H22ClFN6O3/c1-11(2)31-20(29)28-3-4-30-13(10-28)7-24-19-16(22)9-26-18(27-19)15-8-25-17-14(15)5-12(21)6-23-17/h5-6,8-9,11,13H,3-4,7,10H2,1-2H3,(H,23,25)(H,24,26,27). The van der Waals surface area contributed by atoms with Crippen LogP contribution in [0.15, 0.2) is 24.7 Å². The fourth-order valence-corrected chi connectivity index (χ4v) is 3.44. The number of ether oxygens (including phenoxy) is 2. The number of carbonyl (C=O) groups excluding carboxylic acids is 1. The highest BCUT2D eigenvalue weighted by Crippen LogP contribution is 2.28. The lowest BCUT2D eigenvalue weighted by molar-refractivity contribution is -0.0249. The molecule has 1 aliphatic rings. The van der Waals surface area contributed by atoms with E-state index in [0.29, 0.717) is 41.8 Å². The molecule has 1 amide bonds. The molecule has 0 aromatic carbocycles. The summed E-state index contributed by atoms with van der Waals surface area (Å²) in [5.41, 5.74) is 1.29. The second-order valence-electron chi connectivity index (χ2n) is 7.39. The van der Waals surface area contributed by atoms with E-state index in [2.05, 4.69) is 25.3 Å². The maximum atomic E-state index is 14.3. The third-order valence-corrected chi connectivity index (χ3v) is 4.92. The van der Waals surface area contributed by atoms with Gasteiger partial charge in [-0.15, -0.1) is 0 Å². The van der Waals surface area contributed by atoms with Gasteiger partial charge in [0, 0.05) is 36.4 Å². The SMILES string of the molecule is CC(C)OC(=O)N1CCOC(CNc2nc(-c3c[nH]c4ncc(Cl)cc34)ncc2F)C1. The minimum Gasteiger partial charge on any atom is -0.447 e. The van der Waals surface area contributed by atoms with Crippen LogP contribution in [-0.2, 0) is 9.47 Å². The van der Waals surface area contributed by atoms with Gasteiger partial charge in [0.2, 0.25) is 0 Å².